The number of likely N-dealkylation sites (tertiary alicyclic amines) is 1. The first kappa shape index (κ1) is 14.9. The van der Waals surface area contributed by atoms with Crippen molar-refractivity contribution >= 4 is 5.91 Å². The first-order valence-electron chi connectivity index (χ1n) is 7.45. The van der Waals surface area contributed by atoms with Crippen LogP contribution in [0.1, 0.15) is 44.7 Å². The van der Waals surface area contributed by atoms with Gasteiger partial charge in [-0.2, -0.15) is 0 Å². The van der Waals surface area contributed by atoms with Gasteiger partial charge in [0.25, 0.3) is 0 Å². The molecule has 1 aliphatic heterocycles. The van der Waals surface area contributed by atoms with E-state index in [0.717, 1.165) is 37.9 Å². The number of hydrogen-bond acceptors (Lipinski definition) is 3. The number of nitrogens with one attached hydrogen (secondary N) is 1. The van der Waals surface area contributed by atoms with Crippen LogP contribution in [0.25, 0.3) is 0 Å². The number of amides is 1. The van der Waals surface area contributed by atoms with Crippen molar-refractivity contribution in [3.8, 4) is 5.75 Å². The number of phenols is 1. The first-order valence-corrected chi connectivity index (χ1v) is 7.45. The maximum Gasteiger partial charge on any atom is 0.239 e. The molecule has 1 aromatic carbocycles. The minimum Gasteiger partial charge on any atom is -0.508 e. The van der Waals surface area contributed by atoms with Gasteiger partial charge in [-0.05, 0) is 43.9 Å². The van der Waals surface area contributed by atoms with Gasteiger partial charge in [-0.15, -0.1) is 0 Å². The summed E-state index contributed by atoms with van der Waals surface area (Å²) in [5.74, 6) is 0.463. The molecule has 0 aliphatic carbocycles. The zero-order valence-electron chi connectivity index (χ0n) is 12.3. The Morgan fingerprint density at radius 2 is 1.90 bits per heavy atom. The lowest BCUT2D eigenvalue weighted by molar-refractivity contribution is -0.132. The maximum atomic E-state index is 12.3. The molecular formula is C16H24N2O2. The molecule has 2 rings (SSSR count). The summed E-state index contributed by atoms with van der Waals surface area (Å²) in [5.41, 5.74) is 1.10. The van der Waals surface area contributed by atoms with Crippen LogP contribution in [0.2, 0.25) is 0 Å². The van der Waals surface area contributed by atoms with Gasteiger partial charge in [0.1, 0.15) is 5.75 Å². The third-order valence-electron chi connectivity index (χ3n) is 3.94. The highest BCUT2D eigenvalue weighted by molar-refractivity contribution is 5.81. The van der Waals surface area contributed by atoms with Crippen LogP contribution < -0.4 is 5.32 Å². The Labute approximate surface area is 120 Å². The lowest BCUT2D eigenvalue weighted by Crippen LogP contribution is -2.44. The minimum absolute atomic E-state index is 0.136. The van der Waals surface area contributed by atoms with E-state index in [1.807, 2.05) is 24.0 Å². The smallest absolute Gasteiger partial charge is 0.239 e. The number of nitrogens with zero attached hydrogens (tertiary/aromatic N) is 1. The fourth-order valence-corrected chi connectivity index (χ4v) is 2.74. The molecule has 4 nitrogen and oxygen atoms in total. The van der Waals surface area contributed by atoms with Crippen molar-refractivity contribution in [1.82, 2.24) is 10.2 Å². The second kappa shape index (κ2) is 6.75. The third kappa shape index (κ3) is 3.51. The van der Waals surface area contributed by atoms with Gasteiger partial charge in [-0.1, -0.05) is 19.1 Å². The zero-order chi connectivity index (χ0) is 14.5. The lowest BCUT2D eigenvalue weighted by Gasteiger charge is -2.26. The van der Waals surface area contributed by atoms with E-state index in [0.29, 0.717) is 0 Å². The van der Waals surface area contributed by atoms with Crippen LogP contribution in [0.3, 0.4) is 0 Å². The third-order valence-corrected chi connectivity index (χ3v) is 3.94. The predicted molar refractivity (Wildman–Crippen MR) is 79.6 cm³/mol. The van der Waals surface area contributed by atoms with Gasteiger partial charge >= 0.3 is 0 Å². The highest BCUT2D eigenvalue weighted by atomic mass is 16.3. The van der Waals surface area contributed by atoms with Crippen LogP contribution in [0, 0.1) is 0 Å². The zero-order valence-corrected chi connectivity index (χ0v) is 12.3. The van der Waals surface area contributed by atoms with Crippen molar-refractivity contribution in [2.75, 3.05) is 13.1 Å². The Balaban J connectivity index is 1.98. The van der Waals surface area contributed by atoms with Crippen molar-refractivity contribution < 1.29 is 9.90 Å². The highest BCUT2D eigenvalue weighted by Crippen LogP contribution is 2.20. The van der Waals surface area contributed by atoms with Gasteiger partial charge in [0.05, 0.1) is 6.04 Å². The Morgan fingerprint density at radius 3 is 2.45 bits per heavy atom. The molecule has 1 aromatic rings. The molecule has 2 atom stereocenters. The Kier molecular flexibility index (Phi) is 5.01. The van der Waals surface area contributed by atoms with E-state index in [1.54, 1.807) is 12.1 Å². The highest BCUT2D eigenvalue weighted by Gasteiger charge is 2.24. The molecule has 20 heavy (non-hydrogen) atoms. The molecule has 1 amide bonds. The summed E-state index contributed by atoms with van der Waals surface area (Å²) in [5, 5.41) is 12.7. The van der Waals surface area contributed by atoms with Gasteiger partial charge in [0.15, 0.2) is 0 Å². The molecule has 0 bridgehead atoms. The number of carbonyl (C=O) groups is 1. The number of rotatable bonds is 5. The Bertz CT molecular complexity index is 438. The molecule has 2 N–H and O–H groups in total. The van der Waals surface area contributed by atoms with Crippen LogP contribution in [-0.2, 0) is 4.79 Å². The van der Waals surface area contributed by atoms with Crippen molar-refractivity contribution in [1.29, 1.82) is 0 Å². The van der Waals surface area contributed by atoms with E-state index in [4.69, 9.17) is 0 Å². The van der Waals surface area contributed by atoms with Crippen LogP contribution in [0.15, 0.2) is 24.3 Å². The van der Waals surface area contributed by atoms with E-state index in [1.165, 1.54) is 0 Å². The summed E-state index contributed by atoms with van der Waals surface area (Å²) in [6.07, 6.45) is 3.14. The van der Waals surface area contributed by atoms with Gasteiger partial charge in [0, 0.05) is 19.1 Å². The summed E-state index contributed by atoms with van der Waals surface area (Å²) >= 11 is 0. The predicted octanol–water partition coefficient (Wildman–Crippen LogP) is 2.44. The second-order valence-electron chi connectivity index (χ2n) is 5.47. The molecule has 1 fully saturated rings. The van der Waals surface area contributed by atoms with E-state index in [9.17, 15) is 9.90 Å². The summed E-state index contributed by atoms with van der Waals surface area (Å²) in [6.45, 7) is 5.81. The lowest BCUT2D eigenvalue weighted by atomic mass is 10.0. The van der Waals surface area contributed by atoms with E-state index < -0.39 is 0 Å². The van der Waals surface area contributed by atoms with Crippen molar-refractivity contribution in [3.63, 3.8) is 0 Å². The summed E-state index contributed by atoms with van der Waals surface area (Å²) in [6, 6.07) is 7.15. The largest absolute Gasteiger partial charge is 0.508 e. The van der Waals surface area contributed by atoms with Gasteiger partial charge in [0.2, 0.25) is 5.91 Å². The average molecular weight is 276 g/mol. The fourth-order valence-electron chi connectivity index (χ4n) is 2.74. The monoisotopic (exact) mass is 276 g/mol. The van der Waals surface area contributed by atoms with Crippen LogP contribution >= 0.6 is 0 Å². The van der Waals surface area contributed by atoms with Crippen LogP contribution in [-0.4, -0.2) is 35.0 Å². The molecular weight excluding hydrogens is 252 g/mol. The molecule has 4 heteroatoms. The van der Waals surface area contributed by atoms with Crippen LogP contribution in [0.4, 0.5) is 0 Å². The first-order chi connectivity index (χ1) is 9.61. The van der Waals surface area contributed by atoms with Crippen molar-refractivity contribution in [2.45, 2.75) is 45.2 Å². The number of benzene rings is 1. The normalized spacial score (nSPS) is 18.0. The Hall–Kier alpha value is -1.55. The molecule has 2 unspecified atom stereocenters. The Morgan fingerprint density at radius 1 is 1.30 bits per heavy atom. The number of hydrogen-bond donors (Lipinski definition) is 2. The molecule has 1 aliphatic rings. The molecule has 0 spiro atoms. The van der Waals surface area contributed by atoms with E-state index >= 15 is 0 Å². The van der Waals surface area contributed by atoms with Crippen molar-refractivity contribution in [3.05, 3.63) is 29.8 Å². The van der Waals surface area contributed by atoms with Crippen molar-refractivity contribution in [2.24, 2.45) is 0 Å². The minimum atomic E-state index is -0.174. The van der Waals surface area contributed by atoms with E-state index in [-0.39, 0.29) is 23.7 Å². The molecule has 0 radical (unpaired) electrons. The quantitative estimate of drug-likeness (QED) is 0.868. The number of carbonyl (C=O) groups excluding carboxylic acids is 1. The van der Waals surface area contributed by atoms with Gasteiger partial charge in [-0.3, -0.25) is 10.1 Å². The average Bonchev–Trinajstić information content (AvgIpc) is 2.99. The molecule has 110 valence electrons. The van der Waals surface area contributed by atoms with E-state index in [2.05, 4.69) is 12.2 Å². The van der Waals surface area contributed by atoms with Gasteiger partial charge < -0.3 is 10.0 Å². The molecule has 1 saturated heterocycles. The maximum absolute atomic E-state index is 12.3. The number of aromatic hydroxyl groups is 1. The molecule has 0 aromatic heterocycles. The second-order valence-corrected chi connectivity index (χ2v) is 5.47. The van der Waals surface area contributed by atoms with Crippen LogP contribution in [0.5, 0.6) is 5.75 Å². The summed E-state index contributed by atoms with van der Waals surface area (Å²) in [4.78, 5) is 14.3. The fraction of sp³-hybridized carbons (Fsp3) is 0.562. The summed E-state index contributed by atoms with van der Waals surface area (Å²) in [7, 11) is 0. The number of phenolic OH excluding ortho intramolecular Hbond substituents is 1. The van der Waals surface area contributed by atoms with Gasteiger partial charge in [-0.25, -0.2) is 0 Å². The molecule has 1 heterocycles. The summed E-state index contributed by atoms with van der Waals surface area (Å²) < 4.78 is 0. The topological polar surface area (TPSA) is 52.6 Å². The standard InChI is InChI=1S/C16H24N2O2/c1-3-15(13-6-8-14(19)9-7-13)17-12(2)16(20)18-10-4-5-11-18/h6-9,12,15,17,19H,3-5,10-11H2,1-2H3. The SMILES string of the molecule is CCC(NC(C)C(=O)N1CCCC1)c1ccc(O)cc1. The molecule has 0 saturated carbocycles.